The van der Waals surface area contributed by atoms with Gasteiger partial charge in [0.05, 0.1) is 6.42 Å². The van der Waals surface area contributed by atoms with Gasteiger partial charge in [0, 0.05) is 19.1 Å². The molecule has 7 nitrogen and oxygen atoms in total. The molecule has 2 N–H and O–H groups in total. The number of hydrogen-bond donors (Lipinski definition) is 2. The summed E-state index contributed by atoms with van der Waals surface area (Å²) in [6.07, 6.45) is 7.76. The minimum atomic E-state index is -0.734. The van der Waals surface area contributed by atoms with Crippen molar-refractivity contribution in [3.8, 4) is 0 Å². The number of rotatable bonds is 8. The molecule has 174 valence electrons. The normalized spacial score (nSPS) is 22.7. The van der Waals surface area contributed by atoms with Gasteiger partial charge in [0.25, 0.3) is 5.91 Å². The Labute approximate surface area is 190 Å². The van der Waals surface area contributed by atoms with E-state index in [1.54, 1.807) is 0 Å². The molecule has 2 heterocycles. The standard InChI is InChI=1S/C25H36N4O3/c1-18-6-2-3-7-20(18)12-15-28-13-10-19(11-14-28)17-29(21-8-4-5-9-21)23(30)16-22-24(31)27-25(32)26-22/h2-3,6-7,19,21-22H,4-5,8-17H2,1H3,(H2,26,27,31,32)/t22-/m0/s1. The molecule has 1 aromatic rings. The summed E-state index contributed by atoms with van der Waals surface area (Å²) in [5.41, 5.74) is 2.79. The van der Waals surface area contributed by atoms with Gasteiger partial charge in [-0.1, -0.05) is 37.1 Å². The molecule has 4 rings (SSSR count). The number of carbonyl (C=O) groups is 3. The van der Waals surface area contributed by atoms with Gasteiger partial charge in [-0.15, -0.1) is 0 Å². The van der Waals surface area contributed by atoms with Crippen molar-refractivity contribution >= 4 is 17.8 Å². The first-order chi connectivity index (χ1) is 15.5. The smallest absolute Gasteiger partial charge is 0.322 e. The first kappa shape index (κ1) is 22.8. The third-order valence-corrected chi connectivity index (χ3v) is 7.44. The Morgan fingerprint density at radius 2 is 1.81 bits per heavy atom. The van der Waals surface area contributed by atoms with Gasteiger partial charge in [0.1, 0.15) is 6.04 Å². The Bertz CT molecular complexity index is 828. The van der Waals surface area contributed by atoms with Crippen molar-refractivity contribution < 1.29 is 14.4 Å². The van der Waals surface area contributed by atoms with Gasteiger partial charge in [-0.25, -0.2) is 4.79 Å². The molecule has 1 aromatic carbocycles. The molecule has 7 heteroatoms. The quantitative estimate of drug-likeness (QED) is 0.609. The van der Waals surface area contributed by atoms with Gasteiger partial charge >= 0.3 is 6.03 Å². The third kappa shape index (κ3) is 5.68. The van der Waals surface area contributed by atoms with Crippen LogP contribution in [0.5, 0.6) is 0 Å². The number of nitrogens with one attached hydrogen (secondary N) is 2. The van der Waals surface area contributed by atoms with E-state index < -0.39 is 18.0 Å². The van der Waals surface area contributed by atoms with Gasteiger partial charge in [-0.3, -0.25) is 14.9 Å². The molecule has 1 atom stereocenters. The molecular weight excluding hydrogens is 404 g/mol. The van der Waals surface area contributed by atoms with Crippen LogP contribution in [0.1, 0.15) is 56.1 Å². The van der Waals surface area contributed by atoms with Crippen LogP contribution >= 0.6 is 0 Å². The molecule has 32 heavy (non-hydrogen) atoms. The maximum atomic E-state index is 13.2. The number of urea groups is 1. The van der Waals surface area contributed by atoms with Gasteiger partial charge in [0.15, 0.2) is 0 Å². The minimum absolute atomic E-state index is 0.00114. The van der Waals surface area contributed by atoms with E-state index in [9.17, 15) is 14.4 Å². The molecular formula is C25H36N4O3. The van der Waals surface area contributed by atoms with Crippen LogP contribution in [0.4, 0.5) is 4.79 Å². The van der Waals surface area contributed by atoms with Crippen molar-refractivity contribution in [2.45, 2.75) is 70.4 Å². The van der Waals surface area contributed by atoms with Crippen LogP contribution in [-0.4, -0.2) is 65.9 Å². The van der Waals surface area contributed by atoms with Crippen molar-refractivity contribution in [3.05, 3.63) is 35.4 Å². The van der Waals surface area contributed by atoms with Crippen LogP contribution in [0.25, 0.3) is 0 Å². The molecule has 2 saturated heterocycles. The highest BCUT2D eigenvalue weighted by Crippen LogP contribution is 2.28. The number of amides is 4. The fraction of sp³-hybridized carbons (Fsp3) is 0.640. The van der Waals surface area contributed by atoms with E-state index in [0.29, 0.717) is 5.92 Å². The zero-order valence-electron chi connectivity index (χ0n) is 19.1. The predicted molar refractivity (Wildman–Crippen MR) is 123 cm³/mol. The summed E-state index contributed by atoms with van der Waals surface area (Å²) in [4.78, 5) is 41.1. The molecule has 3 fully saturated rings. The lowest BCUT2D eigenvalue weighted by Crippen LogP contribution is -2.47. The molecule has 1 saturated carbocycles. The predicted octanol–water partition coefficient (Wildman–Crippen LogP) is 2.62. The maximum Gasteiger partial charge on any atom is 0.322 e. The Morgan fingerprint density at radius 3 is 2.47 bits per heavy atom. The Kier molecular flexibility index (Phi) is 7.45. The van der Waals surface area contributed by atoms with Gasteiger partial charge in [-0.05, 0) is 69.2 Å². The summed E-state index contributed by atoms with van der Waals surface area (Å²) in [5.74, 6) is 0.110. The Hall–Kier alpha value is -2.41. The van der Waals surface area contributed by atoms with Gasteiger partial charge in [0.2, 0.25) is 5.91 Å². The van der Waals surface area contributed by atoms with E-state index in [1.807, 2.05) is 4.90 Å². The molecule has 2 aliphatic heterocycles. The van der Waals surface area contributed by atoms with Crippen molar-refractivity contribution in [2.75, 3.05) is 26.2 Å². The lowest BCUT2D eigenvalue weighted by molar-refractivity contribution is -0.136. The highest BCUT2D eigenvalue weighted by molar-refractivity contribution is 6.05. The third-order valence-electron chi connectivity index (χ3n) is 7.44. The molecule has 0 radical (unpaired) electrons. The fourth-order valence-corrected chi connectivity index (χ4v) is 5.40. The van der Waals surface area contributed by atoms with E-state index in [4.69, 9.17) is 0 Å². The van der Waals surface area contributed by atoms with Crippen LogP contribution in [0.15, 0.2) is 24.3 Å². The number of benzene rings is 1. The van der Waals surface area contributed by atoms with E-state index in [1.165, 1.54) is 11.1 Å². The fourth-order valence-electron chi connectivity index (χ4n) is 5.40. The Balaban J connectivity index is 1.28. The maximum absolute atomic E-state index is 13.2. The zero-order chi connectivity index (χ0) is 22.5. The molecule has 4 amide bonds. The number of hydrogen-bond acceptors (Lipinski definition) is 4. The second-order valence-electron chi connectivity index (χ2n) is 9.67. The second-order valence-corrected chi connectivity index (χ2v) is 9.67. The average molecular weight is 441 g/mol. The SMILES string of the molecule is Cc1ccccc1CCN1CCC(CN(C(=O)C[C@@H]2NC(=O)NC2=O)C2CCCC2)CC1. The highest BCUT2D eigenvalue weighted by Gasteiger charge is 2.36. The number of piperidine rings is 1. The Morgan fingerprint density at radius 1 is 1.09 bits per heavy atom. The lowest BCUT2D eigenvalue weighted by atomic mass is 9.94. The van der Waals surface area contributed by atoms with Crippen LogP contribution in [0.2, 0.25) is 0 Å². The van der Waals surface area contributed by atoms with Crippen LogP contribution in [0.3, 0.4) is 0 Å². The number of carbonyl (C=O) groups excluding carboxylic acids is 3. The van der Waals surface area contributed by atoms with E-state index in [2.05, 4.69) is 46.7 Å². The van der Waals surface area contributed by atoms with Crippen molar-refractivity contribution in [1.82, 2.24) is 20.4 Å². The monoisotopic (exact) mass is 440 g/mol. The topological polar surface area (TPSA) is 81.8 Å². The summed E-state index contributed by atoms with van der Waals surface area (Å²) in [5, 5.41) is 4.80. The van der Waals surface area contributed by atoms with Crippen molar-refractivity contribution in [1.29, 1.82) is 0 Å². The largest absolute Gasteiger partial charge is 0.339 e. The minimum Gasteiger partial charge on any atom is -0.339 e. The average Bonchev–Trinajstić information content (AvgIpc) is 3.42. The second kappa shape index (κ2) is 10.5. The summed E-state index contributed by atoms with van der Waals surface area (Å²) >= 11 is 0. The van der Waals surface area contributed by atoms with Gasteiger partial charge < -0.3 is 15.1 Å². The number of aryl methyl sites for hydroxylation is 1. The number of nitrogens with zero attached hydrogens (tertiary/aromatic N) is 2. The number of imide groups is 1. The summed E-state index contributed by atoms with van der Waals surface area (Å²) < 4.78 is 0. The van der Waals surface area contributed by atoms with Crippen LogP contribution < -0.4 is 10.6 Å². The van der Waals surface area contributed by atoms with Crippen LogP contribution in [0, 0.1) is 12.8 Å². The van der Waals surface area contributed by atoms with Gasteiger partial charge in [-0.2, -0.15) is 0 Å². The molecule has 1 aliphatic carbocycles. The number of likely N-dealkylation sites (tertiary alicyclic amines) is 1. The lowest BCUT2D eigenvalue weighted by Gasteiger charge is -2.37. The van der Waals surface area contributed by atoms with E-state index in [-0.39, 0.29) is 18.4 Å². The summed E-state index contributed by atoms with van der Waals surface area (Å²) in [6, 6.07) is 7.65. The summed E-state index contributed by atoms with van der Waals surface area (Å²) in [6.45, 7) is 6.18. The van der Waals surface area contributed by atoms with Crippen molar-refractivity contribution in [3.63, 3.8) is 0 Å². The zero-order valence-corrected chi connectivity index (χ0v) is 19.1. The molecule has 0 unspecified atom stereocenters. The van der Waals surface area contributed by atoms with E-state index >= 15 is 0 Å². The van der Waals surface area contributed by atoms with Crippen molar-refractivity contribution in [2.24, 2.45) is 5.92 Å². The first-order valence-corrected chi connectivity index (χ1v) is 12.2. The molecule has 0 bridgehead atoms. The highest BCUT2D eigenvalue weighted by atomic mass is 16.2. The molecule has 3 aliphatic rings. The van der Waals surface area contributed by atoms with Crippen LogP contribution in [-0.2, 0) is 16.0 Å². The first-order valence-electron chi connectivity index (χ1n) is 12.2. The van der Waals surface area contributed by atoms with E-state index in [0.717, 1.165) is 71.1 Å². The molecule has 0 aromatic heterocycles. The summed E-state index contributed by atoms with van der Waals surface area (Å²) in [7, 11) is 0. The molecule has 0 spiro atoms.